The lowest BCUT2D eigenvalue weighted by atomic mass is 10.2. The van der Waals surface area contributed by atoms with Gasteiger partial charge in [0.25, 0.3) is 0 Å². The second-order valence-corrected chi connectivity index (χ2v) is 3.51. The molecule has 0 aliphatic carbocycles. The smallest absolute Gasteiger partial charge is 0.123 e. The van der Waals surface area contributed by atoms with Crippen molar-refractivity contribution in [1.29, 1.82) is 0 Å². The first kappa shape index (κ1) is 10.6. The number of hydrogen-bond donors (Lipinski definition) is 0. The average Bonchev–Trinajstić information content (AvgIpc) is 2.33. The molecule has 0 radical (unpaired) electrons. The molecule has 0 atom stereocenters. The van der Waals surface area contributed by atoms with Crippen LogP contribution in [0.25, 0.3) is 0 Å². The summed E-state index contributed by atoms with van der Waals surface area (Å²) >= 11 is 0. The highest BCUT2D eigenvalue weighted by Gasteiger charge is 1.91. The maximum atomic E-state index is 12.6. The molecule has 0 heterocycles. The molecule has 2 aromatic rings. The van der Waals surface area contributed by atoms with Gasteiger partial charge in [-0.15, -0.1) is 0 Å². The minimum atomic E-state index is -0.212. The van der Waals surface area contributed by atoms with Gasteiger partial charge in [0.05, 0.1) is 6.54 Å². The molecule has 0 aromatic heterocycles. The molecule has 0 fully saturated rings. The lowest BCUT2D eigenvalue weighted by molar-refractivity contribution is 0.627. The molecule has 0 saturated carbocycles. The molecule has 1 nitrogen and oxygen atoms in total. The van der Waals surface area contributed by atoms with Gasteiger partial charge in [-0.1, -0.05) is 42.5 Å². The predicted molar refractivity (Wildman–Crippen MR) is 64.1 cm³/mol. The van der Waals surface area contributed by atoms with Gasteiger partial charge in [0.1, 0.15) is 5.82 Å². The summed E-state index contributed by atoms with van der Waals surface area (Å²) in [5.74, 6) is -0.212. The highest BCUT2D eigenvalue weighted by Crippen LogP contribution is 2.04. The quantitative estimate of drug-likeness (QED) is 0.692. The van der Waals surface area contributed by atoms with Gasteiger partial charge in [0.2, 0.25) is 0 Å². The zero-order valence-electron chi connectivity index (χ0n) is 8.81. The maximum Gasteiger partial charge on any atom is 0.123 e. The van der Waals surface area contributed by atoms with Crippen molar-refractivity contribution < 1.29 is 4.39 Å². The van der Waals surface area contributed by atoms with E-state index in [4.69, 9.17) is 0 Å². The molecule has 0 spiro atoms. The van der Waals surface area contributed by atoms with Crippen molar-refractivity contribution in [3.63, 3.8) is 0 Å². The average molecular weight is 213 g/mol. The van der Waals surface area contributed by atoms with Crippen LogP contribution in [-0.2, 0) is 6.54 Å². The SMILES string of the molecule is Fc1ccc(CN=Cc2ccccc2)cc1. The van der Waals surface area contributed by atoms with Crippen LogP contribution in [0.2, 0.25) is 0 Å². The Kier molecular flexibility index (Phi) is 3.44. The summed E-state index contributed by atoms with van der Waals surface area (Å²) < 4.78 is 12.6. The fourth-order valence-electron chi connectivity index (χ4n) is 1.39. The topological polar surface area (TPSA) is 12.4 Å². The van der Waals surface area contributed by atoms with Gasteiger partial charge < -0.3 is 0 Å². The van der Waals surface area contributed by atoms with Gasteiger partial charge >= 0.3 is 0 Å². The predicted octanol–water partition coefficient (Wildman–Crippen LogP) is 3.44. The highest BCUT2D eigenvalue weighted by atomic mass is 19.1. The van der Waals surface area contributed by atoms with Crippen LogP contribution in [0.1, 0.15) is 11.1 Å². The summed E-state index contributed by atoms with van der Waals surface area (Å²) in [4.78, 5) is 4.29. The van der Waals surface area contributed by atoms with E-state index in [1.54, 1.807) is 12.1 Å². The summed E-state index contributed by atoms with van der Waals surface area (Å²) in [5, 5.41) is 0. The first-order valence-corrected chi connectivity index (χ1v) is 5.14. The van der Waals surface area contributed by atoms with Gasteiger partial charge in [-0.3, -0.25) is 4.99 Å². The Balaban J connectivity index is 1.97. The first-order valence-electron chi connectivity index (χ1n) is 5.14. The van der Waals surface area contributed by atoms with E-state index in [0.29, 0.717) is 6.54 Å². The third-order valence-electron chi connectivity index (χ3n) is 2.23. The second kappa shape index (κ2) is 5.21. The van der Waals surface area contributed by atoms with Crippen LogP contribution < -0.4 is 0 Å². The van der Waals surface area contributed by atoms with Gasteiger partial charge in [0, 0.05) is 6.21 Å². The Morgan fingerprint density at radius 1 is 0.938 bits per heavy atom. The number of rotatable bonds is 3. The number of nitrogens with zero attached hydrogens (tertiary/aromatic N) is 1. The highest BCUT2D eigenvalue weighted by molar-refractivity contribution is 5.79. The Morgan fingerprint density at radius 3 is 2.31 bits per heavy atom. The second-order valence-electron chi connectivity index (χ2n) is 3.51. The molecule has 2 aromatic carbocycles. The van der Waals surface area contributed by atoms with Gasteiger partial charge in [0.15, 0.2) is 0 Å². The van der Waals surface area contributed by atoms with Crippen molar-refractivity contribution in [2.75, 3.05) is 0 Å². The molecule has 2 rings (SSSR count). The zero-order chi connectivity index (χ0) is 11.2. The van der Waals surface area contributed by atoms with Crippen molar-refractivity contribution in [1.82, 2.24) is 0 Å². The molecule has 0 bridgehead atoms. The minimum absolute atomic E-state index is 0.212. The number of benzene rings is 2. The summed E-state index contributed by atoms with van der Waals surface area (Å²) in [6.45, 7) is 0.579. The van der Waals surface area contributed by atoms with E-state index < -0.39 is 0 Å². The molecule has 0 unspecified atom stereocenters. The molecule has 0 aliphatic rings. The molecule has 0 amide bonds. The number of aliphatic imine (C=N–C) groups is 1. The molecule has 2 heteroatoms. The Morgan fingerprint density at radius 2 is 1.62 bits per heavy atom. The van der Waals surface area contributed by atoms with E-state index in [0.717, 1.165) is 11.1 Å². The molecular weight excluding hydrogens is 201 g/mol. The normalized spacial score (nSPS) is 10.8. The van der Waals surface area contributed by atoms with Crippen molar-refractivity contribution in [3.05, 3.63) is 71.5 Å². The molecule has 80 valence electrons. The third kappa shape index (κ3) is 3.02. The fraction of sp³-hybridized carbons (Fsp3) is 0.0714. The summed E-state index contributed by atoms with van der Waals surface area (Å²) in [6, 6.07) is 16.3. The van der Waals surface area contributed by atoms with Crippen molar-refractivity contribution in [3.8, 4) is 0 Å². The molecule has 0 N–H and O–H groups in total. The van der Waals surface area contributed by atoms with Crippen molar-refractivity contribution in [2.45, 2.75) is 6.54 Å². The largest absolute Gasteiger partial charge is 0.288 e. The minimum Gasteiger partial charge on any atom is -0.288 e. The third-order valence-corrected chi connectivity index (χ3v) is 2.23. The van der Waals surface area contributed by atoms with Gasteiger partial charge in [-0.05, 0) is 23.3 Å². The molecule has 0 saturated heterocycles. The monoisotopic (exact) mass is 213 g/mol. The van der Waals surface area contributed by atoms with Crippen molar-refractivity contribution >= 4 is 6.21 Å². The number of hydrogen-bond acceptors (Lipinski definition) is 1. The Labute approximate surface area is 94.3 Å². The van der Waals surface area contributed by atoms with E-state index in [-0.39, 0.29) is 5.82 Å². The van der Waals surface area contributed by atoms with Crippen LogP contribution in [0.5, 0.6) is 0 Å². The first-order chi connectivity index (χ1) is 7.84. The number of halogens is 1. The van der Waals surface area contributed by atoms with E-state index in [1.807, 2.05) is 36.5 Å². The van der Waals surface area contributed by atoms with Crippen LogP contribution in [0, 0.1) is 5.82 Å². The standard InChI is InChI=1S/C14H12FN/c15-14-8-6-13(7-9-14)11-16-10-12-4-2-1-3-5-12/h1-10H,11H2. The lowest BCUT2D eigenvalue weighted by Crippen LogP contribution is -1.84. The maximum absolute atomic E-state index is 12.6. The summed E-state index contributed by atoms with van der Waals surface area (Å²) in [5.41, 5.74) is 2.08. The summed E-state index contributed by atoms with van der Waals surface area (Å²) in [6.07, 6.45) is 1.82. The van der Waals surface area contributed by atoms with Crippen LogP contribution in [-0.4, -0.2) is 6.21 Å². The fourth-order valence-corrected chi connectivity index (χ4v) is 1.39. The van der Waals surface area contributed by atoms with Crippen molar-refractivity contribution in [2.24, 2.45) is 4.99 Å². The van der Waals surface area contributed by atoms with Crippen LogP contribution in [0.15, 0.2) is 59.6 Å². The molecular formula is C14H12FN. The van der Waals surface area contributed by atoms with E-state index in [1.165, 1.54) is 12.1 Å². The van der Waals surface area contributed by atoms with Gasteiger partial charge in [-0.25, -0.2) is 4.39 Å². The molecule has 0 aliphatic heterocycles. The van der Waals surface area contributed by atoms with Crippen LogP contribution in [0.3, 0.4) is 0 Å². The van der Waals surface area contributed by atoms with Gasteiger partial charge in [-0.2, -0.15) is 0 Å². The van der Waals surface area contributed by atoms with Crippen LogP contribution in [0.4, 0.5) is 4.39 Å². The van der Waals surface area contributed by atoms with E-state index in [2.05, 4.69) is 4.99 Å². The summed E-state index contributed by atoms with van der Waals surface area (Å²) in [7, 11) is 0. The zero-order valence-corrected chi connectivity index (χ0v) is 8.81. The Bertz CT molecular complexity index is 460. The van der Waals surface area contributed by atoms with Crippen LogP contribution >= 0.6 is 0 Å². The molecule has 16 heavy (non-hydrogen) atoms. The van der Waals surface area contributed by atoms with E-state index in [9.17, 15) is 4.39 Å². The Hall–Kier alpha value is -1.96. The lowest BCUT2D eigenvalue weighted by Gasteiger charge is -1.96. The van der Waals surface area contributed by atoms with E-state index >= 15 is 0 Å².